The number of nitrogens with zero attached hydrogens (tertiary/aromatic N) is 4. The van der Waals surface area contributed by atoms with Crippen LogP contribution < -0.4 is 5.32 Å². The molecule has 9 heteroatoms. The molecule has 0 aliphatic carbocycles. The van der Waals surface area contributed by atoms with Gasteiger partial charge in [-0.3, -0.25) is 24.0 Å². The van der Waals surface area contributed by atoms with Crippen LogP contribution in [0.25, 0.3) is 0 Å². The van der Waals surface area contributed by atoms with Crippen molar-refractivity contribution in [1.82, 2.24) is 25.0 Å². The van der Waals surface area contributed by atoms with E-state index in [4.69, 9.17) is 0 Å². The molecule has 2 amide bonds. The van der Waals surface area contributed by atoms with E-state index in [0.717, 1.165) is 33.8 Å². The van der Waals surface area contributed by atoms with Crippen molar-refractivity contribution in [2.45, 2.75) is 53.8 Å². The van der Waals surface area contributed by atoms with E-state index in [0.29, 0.717) is 36.5 Å². The number of amides is 2. The molecule has 0 saturated carbocycles. The highest BCUT2D eigenvalue weighted by Gasteiger charge is 2.25. The predicted molar refractivity (Wildman–Crippen MR) is 125 cm³/mol. The zero-order chi connectivity index (χ0) is 23.7. The summed E-state index contributed by atoms with van der Waals surface area (Å²) in [4.78, 5) is 43.9. The molecular weight excluding hydrogens is 438 g/mol. The molecular formula is C24H27N5O3S. The third kappa shape index (κ3) is 4.88. The molecule has 0 fully saturated rings. The van der Waals surface area contributed by atoms with E-state index in [-0.39, 0.29) is 24.1 Å². The number of thiophene rings is 1. The van der Waals surface area contributed by atoms with E-state index in [9.17, 15) is 14.4 Å². The molecule has 0 radical (unpaired) electrons. The Morgan fingerprint density at radius 3 is 2.64 bits per heavy atom. The number of hydrogen-bond acceptors (Lipinski definition) is 6. The van der Waals surface area contributed by atoms with Crippen LogP contribution in [0.1, 0.15) is 60.7 Å². The molecule has 0 atom stereocenters. The molecule has 3 aromatic rings. The average Bonchev–Trinajstić information content (AvgIpc) is 3.39. The first-order valence-electron chi connectivity index (χ1n) is 10.9. The molecule has 0 saturated heterocycles. The first-order valence-corrected chi connectivity index (χ1v) is 11.7. The Bertz CT molecular complexity index is 1240. The number of aromatic nitrogens is 3. The second-order valence-electron chi connectivity index (χ2n) is 8.41. The van der Waals surface area contributed by atoms with Crippen molar-refractivity contribution >= 4 is 28.9 Å². The summed E-state index contributed by atoms with van der Waals surface area (Å²) in [6.45, 7) is 8.97. The topological polar surface area (TPSA) is 97.2 Å². The molecule has 1 aliphatic heterocycles. The van der Waals surface area contributed by atoms with E-state index in [2.05, 4.69) is 15.4 Å². The SMILES string of the molecule is CC(=O)c1cc(C(=O)NCc2c(C)ncc3c2CCN(C(=O)Cn2nc(C)cc2C)C3)cs1. The quantitative estimate of drug-likeness (QED) is 0.565. The molecule has 4 heterocycles. The molecule has 8 nitrogen and oxygen atoms in total. The van der Waals surface area contributed by atoms with Crippen molar-refractivity contribution in [3.05, 3.63) is 67.9 Å². The van der Waals surface area contributed by atoms with E-state index >= 15 is 0 Å². The fourth-order valence-electron chi connectivity index (χ4n) is 4.14. The summed E-state index contributed by atoms with van der Waals surface area (Å²) in [5.41, 5.74) is 6.37. The van der Waals surface area contributed by atoms with Crippen LogP contribution >= 0.6 is 11.3 Å². The zero-order valence-corrected chi connectivity index (χ0v) is 20.1. The van der Waals surface area contributed by atoms with E-state index < -0.39 is 0 Å². The Morgan fingerprint density at radius 2 is 1.97 bits per heavy atom. The van der Waals surface area contributed by atoms with Crippen molar-refractivity contribution in [2.75, 3.05) is 6.54 Å². The van der Waals surface area contributed by atoms with Crippen LogP contribution in [0.4, 0.5) is 0 Å². The largest absolute Gasteiger partial charge is 0.348 e. The van der Waals surface area contributed by atoms with Crippen LogP contribution in [0, 0.1) is 20.8 Å². The maximum Gasteiger partial charge on any atom is 0.252 e. The number of nitrogens with one attached hydrogen (secondary N) is 1. The van der Waals surface area contributed by atoms with E-state index in [1.54, 1.807) is 16.1 Å². The Labute approximate surface area is 196 Å². The lowest BCUT2D eigenvalue weighted by molar-refractivity contribution is -0.133. The van der Waals surface area contributed by atoms with Gasteiger partial charge in [0.15, 0.2) is 5.78 Å². The molecule has 0 aromatic carbocycles. The van der Waals surface area contributed by atoms with Gasteiger partial charge in [0, 0.05) is 42.6 Å². The van der Waals surface area contributed by atoms with Gasteiger partial charge >= 0.3 is 0 Å². The number of aryl methyl sites for hydroxylation is 3. The molecule has 0 spiro atoms. The van der Waals surface area contributed by atoms with Crippen molar-refractivity contribution in [2.24, 2.45) is 0 Å². The minimum Gasteiger partial charge on any atom is -0.348 e. The Kier molecular flexibility index (Phi) is 6.42. The van der Waals surface area contributed by atoms with Crippen LogP contribution in [-0.4, -0.2) is 43.8 Å². The Hall–Kier alpha value is -3.33. The summed E-state index contributed by atoms with van der Waals surface area (Å²) in [6.07, 6.45) is 2.54. The lowest BCUT2D eigenvalue weighted by Crippen LogP contribution is -2.39. The number of fused-ring (bicyclic) bond motifs is 1. The molecule has 1 aliphatic rings. The van der Waals surface area contributed by atoms with Gasteiger partial charge in [0.2, 0.25) is 5.91 Å². The third-order valence-electron chi connectivity index (χ3n) is 5.97. The molecule has 1 N–H and O–H groups in total. The summed E-state index contributed by atoms with van der Waals surface area (Å²) in [7, 11) is 0. The molecule has 33 heavy (non-hydrogen) atoms. The highest BCUT2D eigenvalue weighted by molar-refractivity contribution is 7.12. The monoisotopic (exact) mass is 465 g/mol. The summed E-state index contributed by atoms with van der Waals surface area (Å²) < 4.78 is 1.74. The normalized spacial score (nSPS) is 13.0. The number of rotatable bonds is 6. The standard InChI is InChI=1S/C24H27N5O3S/c1-14-7-15(2)29(27-14)12-23(31)28-6-5-20-19(11-28)9-25-16(3)21(20)10-26-24(32)18-8-22(17(4)30)33-13-18/h7-9,13H,5-6,10-12H2,1-4H3,(H,26,32). The van der Waals surface area contributed by atoms with Crippen molar-refractivity contribution < 1.29 is 14.4 Å². The first-order chi connectivity index (χ1) is 15.7. The van der Waals surface area contributed by atoms with Crippen LogP contribution in [-0.2, 0) is 30.8 Å². The summed E-state index contributed by atoms with van der Waals surface area (Å²) in [5, 5.41) is 9.05. The Morgan fingerprint density at radius 1 is 1.18 bits per heavy atom. The zero-order valence-electron chi connectivity index (χ0n) is 19.3. The average molecular weight is 466 g/mol. The number of hydrogen-bond donors (Lipinski definition) is 1. The van der Waals surface area contributed by atoms with E-state index in [1.165, 1.54) is 18.3 Å². The molecule has 0 unspecified atom stereocenters. The number of Topliss-reactive ketones (excluding diaryl/α,β-unsaturated/α-hetero) is 1. The number of pyridine rings is 1. The van der Waals surface area contributed by atoms with Gasteiger partial charge in [0.1, 0.15) is 6.54 Å². The second kappa shape index (κ2) is 9.27. The maximum absolute atomic E-state index is 12.9. The summed E-state index contributed by atoms with van der Waals surface area (Å²) in [5.74, 6) is -0.234. The van der Waals surface area contributed by atoms with Crippen LogP contribution in [0.5, 0.6) is 0 Å². The fourth-order valence-corrected chi connectivity index (χ4v) is 4.93. The third-order valence-corrected chi connectivity index (χ3v) is 7.00. The van der Waals surface area contributed by atoms with Gasteiger partial charge in [-0.1, -0.05) is 0 Å². The summed E-state index contributed by atoms with van der Waals surface area (Å²) in [6, 6.07) is 3.59. The predicted octanol–water partition coefficient (Wildman–Crippen LogP) is 2.98. The minimum absolute atomic E-state index is 0.0287. The molecule has 0 bridgehead atoms. The lowest BCUT2D eigenvalue weighted by Gasteiger charge is -2.30. The van der Waals surface area contributed by atoms with Crippen molar-refractivity contribution in [3.8, 4) is 0 Å². The van der Waals surface area contributed by atoms with Gasteiger partial charge in [-0.15, -0.1) is 11.3 Å². The number of ketones is 1. The van der Waals surface area contributed by atoms with Gasteiger partial charge < -0.3 is 10.2 Å². The number of carbonyl (C=O) groups excluding carboxylic acids is 3. The van der Waals surface area contributed by atoms with Gasteiger partial charge in [-0.25, -0.2) is 0 Å². The first kappa shape index (κ1) is 22.8. The highest BCUT2D eigenvalue weighted by atomic mass is 32.1. The van der Waals surface area contributed by atoms with Crippen LogP contribution in [0.2, 0.25) is 0 Å². The minimum atomic E-state index is -0.215. The molecule has 172 valence electrons. The number of carbonyl (C=O) groups is 3. The lowest BCUT2D eigenvalue weighted by atomic mass is 9.94. The fraction of sp³-hybridized carbons (Fsp3) is 0.375. The maximum atomic E-state index is 12.9. The molecule has 4 rings (SSSR count). The van der Waals surface area contributed by atoms with Crippen molar-refractivity contribution in [3.63, 3.8) is 0 Å². The highest BCUT2D eigenvalue weighted by Crippen LogP contribution is 2.24. The second-order valence-corrected chi connectivity index (χ2v) is 9.33. The van der Waals surface area contributed by atoms with Gasteiger partial charge in [0.05, 0.1) is 16.1 Å². The molecule has 3 aromatic heterocycles. The van der Waals surface area contributed by atoms with Crippen LogP contribution in [0.3, 0.4) is 0 Å². The smallest absolute Gasteiger partial charge is 0.252 e. The summed E-state index contributed by atoms with van der Waals surface area (Å²) >= 11 is 1.27. The van der Waals surface area contributed by atoms with Crippen molar-refractivity contribution in [1.29, 1.82) is 0 Å². The Balaban J connectivity index is 1.45. The van der Waals surface area contributed by atoms with E-state index in [1.807, 2.05) is 37.9 Å². The van der Waals surface area contributed by atoms with Gasteiger partial charge in [-0.05, 0) is 62.9 Å². The van der Waals surface area contributed by atoms with Crippen LogP contribution in [0.15, 0.2) is 23.7 Å². The van der Waals surface area contributed by atoms with Gasteiger partial charge in [-0.2, -0.15) is 5.10 Å². The van der Waals surface area contributed by atoms with Gasteiger partial charge in [0.25, 0.3) is 5.91 Å².